The van der Waals surface area contributed by atoms with Crippen LogP contribution >= 0.6 is 23.1 Å². The van der Waals surface area contributed by atoms with Crippen molar-refractivity contribution in [3.05, 3.63) is 74.9 Å². The van der Waals surface area contributed by atoms with Gasteiger partial charge in [-0.15, -0.1) is 11.3 Å². The molecule has 0 spiro atoms. The van der Waals surface area contributed by atoms with Gasteiger partial charge in [0.1, 0.15) is 4.83 Å². The number of amides is 1. The molecule has 5 nitrogen and oxygen atoms in total. The molecule has 2 aromatic carbocycles. The van der Waals surface area contributed by atoms with Gasteiger partial charge in [0, 0.05) is 16.6 Å². The molecule has 0 aliphatic heterocycles. The molecular formula is C26H25N3O2S2. The number of hydrogen-bond donors (Lipinski definition) is 2. The number of aromatic amines is 1. The summed E-state index contributed by atoms with van der Waals surface area (Å²) in [7, 11) is 0. The monoisotopic (exact) mass is 475 g/mol. The van der Waals surface area contributed by atoms with E-state index in [2.05, 4.69) is 40.4 Å². The van der Waals surface area contributed by atoms with E-state index in [-0.39, 0.29) is 17.2 Å². The molecule has 2 aromatic heterocycles. The fourth-order valence-corrected chi connectivity index (χ4v) is 5.93. The first kappa shape index (κ1) is 21.9. The second-order valence-corrected chi connectivity index (χ2v) is 10.1. The van der Waals surface area contributed by atoms with Crippen molar-refractivity contribution in [2.75, 3.05) is 11.1 Å². The first-order valence-corrected chi connectivity index (χ1v) is 13.1. The van der Waals surface area contributed by atoms with Crippen molar-refractivity contribution in [1.29, 1.82) is 0 Å². The highest BCUT2D eigenvalue weighted by atomic mass is 32.2. The van der Waals surface area contributed by atoms with Gasteiger partial charge in [-0.2, -0.15) is 0 Å². The molecule has 7 heteroatoms. The number of carbonyl (C=O) groups excluding carboxylic acids is 1. The summed E-state index contributed by atoms with van der Waals surface area (Å²) in [5.41, 5.74) is 6.66. The third-order valence-electron chi connectivity index (χ3n) is 6.07. The molecule has 0 bridgehead atoms. The van der Waals surface area contributed by atoms with Crippen molar-refractivity contribution < 1.29 is 4.79 Å². The minimum Gasteiger partial charge on any atom is -0.325 e. The molecule has 1 aliphatic carbocycles. The van der Waals surface area contributed by atoms with Crippen LogP contribution in [0.5, 0.6) is 0 Å². The summed E-state index contributed by atoms with van der Waals surface area (Å²) in [5, 5.41) is 5.99. The van der Waals surface area contributed by atoms with E-state index in [9.17, 15) is 9.59 Å². The van der Waals surface area contributed by atoms with E-state index >= 15 is 0 Å². The number of anilines is 1. The quantitative estimate of drug-likeness (QED) is 0.272. The van der Waals surface area contributed by atoms with Crippen LogP contribution in [0.1, 0.15) is 36.5 Å². The van der Waals surface area contributed by atoms with Crippen LogP contribution in [0.2, 0.25) is 0 Å². The number of aromatic nitrogens is 2. The number of carbonyl (C=O) groups is 1. The molecule has 0 unspecified atom stereocenters. The zero-order valence-electron chi connectivity index (χ0n) is 18.4. The molecule has 0 radical (unpaired) electrons. The molecule has 168 valence electrons. The van der Waals surface area contributed by atoms with Crippen LogP contribution in [-0.4, -0.2) is 21.6 Å². The SMILES string of the molecule is CCc1ccc(NC(=O)CSc2nc3scc(-c4ccc5c(c4)CCCC5)c3c(=O)[nH]2)cc1. The molecule has 0 saturated heterocycles. The number of fused-ring (bicyclic) bond motifs is 2. The zero-order valence-corrected chi connectivity index (χ0v) is 20.1. The van der Waals surface area contributed by atoms with Crippen LogP contribution in [-0.2, 0) is 24.1 Å². The highest BCUT2D eigenvalue weighted by Crippen LogP contribution is 2.34. The number of rotatable bonds is 6. The summed E-state index contributed by atoms with van der Waals surface area (Å²) in [4.78, 5) is 33.5. The van der Waals surface area contributed by atoms with Crippen LogP contribution in [0.3, 0.4) is 0 Å². The van der Waals surface area contributed by atoms with Gasteiger partial charge in [0.15, 0.2) is 5.16 Å². The standard InChI is InChI=1S/C26H25N3O2S2/c1-2-16-7-11-20(12-8-16)27-22(30)15-33-26-28-24(31)23-21(14-32-25(23)29-26)19-10-9-17-5-3-4-6-18(17)13-19/h7-14H,2-6,15H2,1H3,(H,27,30)(H,28,29,31). The fraction of sp³-hybridized carbons (Fsp3) is 0.269. The molecule has 33 heavy (non-hydrogen) atoms. The van der Waals surface area contributed by atoms with E-state index in [0.29, 0.717) is 15.4 Å². The molecule has 5 rings (SSSR count). The van der Waals surface area contributed by atoms with E-state index in [1.54, 1.807) is 0 Å². The predicted octanol–water partition coefficient (Wildman–Crippen LogP) is 5.82. The Hall–Kier alpha value is -2.90. The lowest BCUT2D eigenvalue weighted by atomic mass is 9.89. The maximum atomic E-state index is 12.9. The Kier molecular flexibility index (Phi) is 6.33. The number of nitrogens with zero attached hydrogens (tertiary/aromatic N) is 1. The second-order valence-electron chi connectivity index (χ2n) is 8.28. The topological polar surface area (TPSA) is 74.8 Å². The zero-order chi connectivity index (χ0) is 22.8. The van der Waals surface area contributed by atoms with Crippen LogP contribution in [0, 0.1) is 0 Å². The highest BCUT2D eigenvalue weighted by molar-refractivity contribution is 7.99. The fourth-order valence-electron chi connectivity index (χ4n) is 4.27. The van der Waals surface area contributed by atoms with Gasteiger partial charge >= 0.3 is 0 Å². The first-order valence-electron chi connectivity index (χ1n) is 11.3. The van der Waals surface area contributed by atoms with Gasteiger partial charge < -0.3 is 10.3 Å². The van der Waals surface area contributed by atoms with Crippen LogP contribution in [0.4, 0.5) is 5.69 Å². The highest BCUT2D eigenvalue weighted by Gasteiger charge is 2.16. The Bertz CT molecular complexity index is 1370. The Morgan fingerprint density at radius 2 is 1.91 bits per heavy atom. The molecule has 1 aliphatic rings. The van der Waals surface area contributed by atoms with Crippen molar-refractivity contribution in [2.24, 2.45) is 0 Å². The number of nitrogens with one attached hydrogen (secondary N) is 2. The molecule has 0 fully saturated rings. The van der Waals surface area contributed by atoms with Crippen LogP contribution in [0.15, 0.2) is 57.8 Å². The lowest BCUT2D eigenvalue weighted by molar-refractivity contribution is -0.113. The summed E-state index contributed by atoms with van der Waals surface area (Å²) >= 11 is 2.71. The average Bonchev–Trinajstić information content (AvgIpc) is 3.28. The first-order chi connectivity index (χ1) is 16.1. The van der Waals surface area contributed by atoms with E-state index < -0.39 is 0 Å². The summed E-state index contributed by atoms with van der Waals surface area (Å²) in [6.45, 7) is 2.10. The van der Waals surface area contributed by atoms with Gasteiger partial charge in [0.05, 0.1) is 11.1 Å². The minimum atomic E-state index is -0.160. The van der Waals surface area contributed by atoms with Crippen LogP contribution in [0.25, 0.3) is 21.3 Å². The van der Waals surface area contributed by atoms with Gasteiger partial charge in [-0.25, -0.2) is 4.98 Å². The van der Waals surface area contributed by atoms with Crippen molar-refractivity contribution in [1.82, 2.24) is 9.97 Å². The van der Waals surface area contributed by atoms with E-state index in [4.69, 9.17) is 0 Å². The lowest BCUT2D eigenvalue weighted by Gasteiger charge is -2.16. The lowest BCUT2D eigenvalue weighted by Crippen LogP contribution is -2.15. The molecule has 0 saturated carbocycles. The summed E-state index contributed by atoms with van der Waals surface area (Å²) < 4.78 is 0. The van der Waals surface area contributed by atoms with E-state index in [1.165, 1.54) is 52.6 Å². The summed E-state index contributed by atoms with van der Waals surface area (Å²) in [6.07, 6.45) is 5.68. The normalized spacial score (nSPS) is 13.1. The molecule has 2 heterocycles. The maximum Gasteiger partial charge on any atom is 0.260 e. The summed E-state index contributed by atoms with van der Waals surface area (Å²) in [5.74, 6) is 0.0421. The maximum absolute atomic E-state index is 12.9. The largest absolute Gasteiger partial charge is 0.325 e. The Morgan fingerprint density at radius 1 is 1.12 bits per heavy atom. The second kappa shape index (κ2) is 9.53. The smallest absolute Gasteiger partial charge is 0.260 e. The van der Waals surface area contributed by atoms with E-state index in [0.717, 1.165) is 36.1 Å². The van der Waals surface area contributed by atoms with E-state index in [1.807, 2.05) is 29.6 Å². The third-order valence-corrected chi connectivity index (χ3v) is 7.81. The number of thiophene rings is 1. The third kappa shape index (κ3) is 4.75. The van der Waals surface area contributed by atoms with Gasteiger partial charge in [-0.05, 0) is 66.5 Å². The molecule has 2 N–H and O–H groups in total. The minimum absolute atomic E-state index is 0.132. The molecular weight excluding hydrogens is 450 g/mol. The number of hydrogen-bond acceptors (Lipinski definition) is 5. The van der Waals surface area contributed by atoms with Gasteiger partial charge in [-0.1, -0.05) is 49.0 Å². The predicted molar refractivity (Wildman–Crippen MR) is 137 cm³/mol. The van der Waals surface area contributed by atoms with Crippen LogP contribution < -0.4 is 10.9 Å². The van der Waals surface area contributed by atoms with Gasteiger partial charge in [-0.3, -0.25) is 9.59 Å². The Balaban J connectivity index is 1.32. The van der Waals surface area contributed by atoms with Gasteiger partial charge in [0.2, 0.25) is 5.91 Å². The van der Waals surface area contributed by atoms with Crippen molar-refractivity contribution >= 4 is 44.9 Å². The average molecular weight is 476 g/mol. The number of thioether (sulfide) groups is 1. The van der Waals surface area contributed by atoms with Crippen molar-refractivity contribution in [2.45, 2.75) is 44.2 Å². The number of H-pyrrole nitrogens is 1. The Labute approximate surface area is 200 Å². The van der Waals surface area contributed by atoms with Crippen molar-refractivity contribution in [3.63, 3.8) is 0 Å². The molecule has 1 amide bonds. The van der Waals surface area contributed by atoms with Gasteiger partial charge in [0.25, 0.3) is 5.56 Å². The summed E-state index contributed by atoms with van der Waals surface area (Å²) in [6, 6.07) is 14.4. The van der Waals surface area contributed by atoms with Crippen molar-refractivity contribution in [3.8, 4) is 11.1 Å². The molecule has 4 aromatic rings. The number of benzene rings is 2. The number of aryl methyl sites for hydroxylation is 3. The Morgan fingerprint density at radius 3 is 2.70 bits per heavy atom. The molecule has 0 atom stereocenters.